The van der Waals surface area contributed by atoms with E-state index >= 15 is 0 Å². The molecule has 0 amide bonds. The second-order valence-electron chi connectivity index (χ2n) is 12.4. The first-order chi connectivity index (χ1) is 19.8. The van der Waals surface area contributed by atoms with Gasteiger partial charge in [-0.25, -0.2) is 0 Å². The Bertz CT molecular complexity index is 644. The van der Waals surface area contributed by atoms with Crippen LogP contribution in [-0.2, 0) is 9.53 Å². The molecule has 2 heteroatoms. The van der Waals surface area contributed by atoms with Gasteiger partial charge in [0.1, 0.15) is 11.7 Å². The van der Waals surface area contributed by atoms with Crippen LogP contribution in [0, 0.1) is 5.92 Å². The highest BCUT2D eigenvalue weighted by Gasteiger charge is 2.34. The van der Waals surface area contributed by atoms with Gasteiger partial charge in [0.2, 0.25) is 0 Å². The summed E-state index contributed by atoms with van der Waals surface area (Å²) < 4.78 is 5.27. The average molecular weight is 557 g/mol. The average Bonchev–Trinajstić information content (AvgIpc) is 2.96. The van der Waals surface area contributed by atoms with Crippen LogP contribution in [0.15, 0.2) is 36.1 Å². The van der Waals surface area contributed by atoms with E-state index in [-0.39, 0.29) is 11.9 Å². The Morgan fingerprint density at radius 2 is 0.850 bits per heavy atom. The number of ether oxygens (including phenoxy) is 1. The number of allylic oxidation sites excluding steroid dienone is 4. The zero-order valence-electron chi connectivity index (χ0n) is 27.1. The minimum Gasteiger partial charge on any atom is -0.429 e. The summed E-state index contributed by atoms with van der Waals surface area (Å²) >= 11 is 0. The monoisotopic (exact) mass is 557 g/mol. The SMILES string of the molecule is CCCCCCCCCCCCCCC/C=C/C=C1/OC(=O)C1/C=C/CCCCCCCCCCCCCCC. The van der Waals surface area contributed by atoms with E-state index in [1.54, 1.807) is 0 Å². The lowest BCUT2D eigenvalue weighted by Gasteiger charge is -2.24. The summed E-state index contributed by atoms with van der Waals surface area (Å²) in [5.74, 6) is 0.564. The molecule has 2 nitrogen and oxygen atoms in total. The fourth-order valence-electron chi connectivity index (χ4n) is 5.66. The summed E-state index contributed by atoms with van der Waals surface area (Å²) in [6.07, 6.45) is 48.9. The molecule has 0 radical (unpaired) electrons. The van der Waals surface area contributed by atoms with Crippen molar-refractivity contribution in [2.75, 3.05) is 0 Å². The molecular formula is C38H68O2. The summed E-state index contributed by atoms with van der Waals surface area (Å²) in [5.41, 5.74) is 0. The van der Waals surface area contributed by atoms with Crippen LogP contribution in [-0.4, -0.2) is 5.97 Å². The largest absolute Gasteiger partial charge is 0.429 e. The van der Waals surface area contributed by atoms with Gasteiger partial charge in [-0.3, -0.25) is 4.79 Å². The molecule has 0 aromatic carbocycles. The van der Waals surface area contributed by atoms with E-state index < -0.39 is 0 Å². The molecule has 1 rings (SSSR count). The number of carbonyl (C=O) groups is 1. The number of hydrogen-bond donors (Lipinski definition) is 0. The van der Waals surface area contributed by atoms with Crippen LogP contribution in [0.5, 0.6) is 0 Å². The second-order valence-corrected chi connectivity index (χ2v) is 12.4. The molecule has 0 aromatic rings. The van der Waals surface area contributed by atoms with Crippen molar-refractivity contribution in [1.29, 1.82) is 0 Å². The highest BCUT2D eigenvalue weighted by Crippen LogP contribution is 2.28. The topological polar surface area (TPSA) is 26.3 Å². The Labute approximate surface area is 250 Å². The Balaban J connectivity index is 1.92. The minimum absolute atomic E-state index is 0.0993. The van der Waals surface area contributed by atoms with Gasteiger partial charge in [0.25, 0.3) is 0 Å². The van der Waals surface area contributed by atoms with Crippen molar-refractivity contribution >= 4 is 5.97 Å². The Hall–Kier alpha value is -1.31. The third kappa shape index (κ3) is 22.4. The van der Waals surface area contributed by atoms with Gasteiger partial charge in [-0.1, -0.05) is 192 Å². The number of unbranched alkanes of at least 4 members (excludes halogenated alkanes) is 26. The molecule has 0 aromatic heterocycles. The molecular weight excluding hydrogens is 488 g/mol. The third-order valence-electron chi connectivity index (χ3n) is 8.45. The smallest absolute Gasteiger partial charge is 0.325 e. The van der Waals surface area contributed by atoms with Gasteiger partial charge in [-0.15, -0.1) is 0 Å². The van der Waals surface area contributed by atoms with E-state index in [9.17, 15) is 4.79 Å². The maximum atomic E-state index is 11.9. The van der Waals surface area contributed by atoms with Gasteiger partial charge in [0.15, 0.2) is 0 Å². The molecule has 0 saturated carbocycles. The fraction of sp³-hybridized carbons (Fsp3) is 0.816. The molecule has 1 heterocycles. The maximum absolute atomic E-state index is 11.9. The second kappa shape index (κ2) is 29.2. The van der Waals surface area contributed by atoms with Crippen molar-refractivity contribution in [3.05, 3.63) is 36.1 Å². The molecule has 0 spiro atoms. The number of hydrogen-bond acceptors (Lipinski definition) is 2. The first-order valence-corrected chi connectivity index (χ1v) is 18.0. The lowest BCUT2D eigenvalue weighted by atomic mass is 10.00. The van der Waals surface area contributed by atoms with Crippen LogP contribution >= 0.6 is 0 Å². The fourth-order valence-corrected chi connectivity index (χ4v) is 5.66. The number of carbonyl (C=O) groups excluding carboxylic acids is 1. The Morgan fingerprint density at radius 3 is 1.23 bits per heavy atom. The first-order valence-electron chi connectivity index (χ1n) is 18.0. The van der Waals surface area contributed by atoms with Crippen molar-refractivity contribution in [3.8, 4) is 0 Å². The lowest BCUT2D eigenvalue weighted by molar-refractivity contribution is -0.154. The van der Waals surface area contributed by atoms with Crippen molar-refractivity contribution in [1.82, 2.24) is 0 Å². The molecule has 232 valence electrons. The van der Waals surface area contributed by atoms with E-state index in [0.29, 0.717) is 0 Å². The summed E-state index contributed by atoms with van der Waals surface area (Å²) in [5, 5.41) is 0. The summed E-state index contributed by atoms with van der Waals surface area (Å²) in [4.78, 5) is 11.9. The standard InChI is InChI=1S/C38H68O2/c1-3-5-7-9-11-13-15-17-19-21-23-25-27-29-31-33-35-37-36(38(39)40-37)34-32-30-28-26-24-22-20-18-16-14-12-10-8-6-4-2/h31-36H,3-30H2,1-2H3/b33-31+,34-32+,37-35+. The molecule has 1 aliphatic rings. The van der Waals surface area contributed by atoms with Crippen molar-refractivity contribution in [3.63, 3.8) is 0 Å². The molecule has 0 bridgehead atoms. The Morgan fingerprint density at radius 1 is 0.500 bits per heavy atom. The predicted octanol–water partition coefficient (Wildman–Crippen LogP) is 13.1. The van der Waals surface area contributed by atoms with E-state index in [4.69, 9.17) is 4.74 Å². The van der Waals surface area contributed by atoms with E-state index in [2.05, 4.69) is 38.2 Å². The zero-order valence-corrected chi connectivity index (χ0v) is 27.1. The lowest BCUT2D eigenvalue weighted by Crippen LogP contribution is -2.30. The molecule has 0 aliphatic carbocycles. The van der Waals surface area contributed by atoms with Crippen LogP contribution in [0.1, 0.15) is 194 Å². The van der Waals surface area contributed by atoms with Crippen molar-refractivity contribution < 1.29 is 9.53 Å². The van der Waals surface area contributed by atoms with Crippen LogP contribution < -0.4 is 0 Å². The van der Waals surface area contributed by atoms with Gasteiger partial charge in [0, 0.05) is 0 Å². The van der Waals surface area contributed by atoms with E-state index in [0.717, 1.165) is 18.6 Å². The Kier molecular flexibility index (Phi) is 26.8. The van der Waals surface area contributed by atoms with Crippen LogP contribution in [0.25, 0.3) is 0 Å². The third-order valence-corrected chi connectivity index (χ3v) is 8.45. The van der Waals surface area contributed by atoms with Crippen LogP contribution in [0.2, 0.25) is 0 Å². The summed E-state index contributed by atoms with van der Waals surface area (Å²) in [7, 11) is 0. The molecule has 1 fully saturated rings. The van der Waals surface area contributed by atoms with Gasteiger partial charge < -0.3 is 4.74 Å². The van der Waals surface area contributed by atoms with Crippen LogP contribution in [0.3, 0.4) is 0 Å². The summed E-state index contributed by atoms with van der Waals surface area (Å²) in [6.45, 7) is 4.57. The number of cyclic esters (lactones) is 1. The summed E-state index contributed by atoms with van der Waals surface area (Å²) in [6, 6.07) is 0. The van der Waals surface area contributed by atoms with Gasteiger partial charge in [0.05, 0.1) is 0 Å². The highest BCUT2D eigenvalue weighted by atomic mass is 16.6. The first kappa shape index (κ1) is 36.7. The molecule has 1 aliphatic heterocycles. The highest BCUT2D eigenvalue weighted by molar-refractivity contribution is 5.85. The number of esters is 1. The quantitative estimate of drug-likeness (QED) is 0.0499. The maximum Gasteiger partial charge on any atom is 0.325 e. The predicted molar refractivity (Wildman–Crippen MR) is 177 cm³/mol. The number of rotatable bonds is 30. The minimum atomic E-state index is -0.150. The molecule has 40 heavy (non-hydrogen) atoms. The van der Waals surface area contributed by atoms with Gasteiger partial charge in [-0.05, 0) is 31.8 Å². The van der Waals surface area contributed by atoms with Gasteiger partial charge >= 0.3 is 5.97 Å². The molecule has 1 unspecified atom stereocenters. The zero-order chi connectivity index (χ0) is 28.8. The van der Waals surface area contributed by atoms with Crippen molar-refractivity contribution in [2.45, 2.75) is 194 Å². The molecule has 1 saturated heterocycles. The van der Waals surface area contributed by atoms with E-state index in [1.807, 2.05) is 6.08 Å². The van der Waals surface area contributed by atoms with E-state index in [1.165, 1.54) is 167 Å². The molecule has 1 atom stereocenters. The van der Waals surface area contributed by atoms with Crippen LogP contribution in [0.4, 0.5) is 0 Å². The normalized spacial score (nSPS) is 16.4. The molecule has 0 N–H and O–H groups in total. The van der Waals surface area contributed by atoms with Gasteiger partial charge in [-0.2, -0.15) is 0 Å². The van der Waals surface area contributed by atoms with Crippen molar-refractivity contribution in [2.24, 2.45) is 5.92 Å².